The van der Waals surface area contributed by atoms with E-state index in [0.717, 1.165) is 4.80 Å². The molecule has 0 spiro atoms. The number of nitro groups is 1. The molecule has 2 aromatic carbocycles. The third-order valence-electron chi connectivity index (χ3n) is 3.24. The number of nitrogens with zero attached hydrogens (tertiary/aromatic N) is 5. The third kappa shape index (κ3) is 3.00. The van der Waals surface area contributed by atoms with Gasteiger partial charge < -0.3 is 15.3 Å². The minimum absolute atomic E-state index is 0.0299. The van der Waals surface area contributed by atoms with Crippen LogP contribution in [-0.4, -0.2) is 24.9 Å². The van der Waals surface area contributed by atoms with Gasteiger partial charge in [0.2, 0.25) is 0 Å². The summed E-state index contributed by atoms with van der Waals surface area (Å²) in [6.07, 6.45) is 0. The van der Waals surface area contributed by atoms with Gasteiger partial charge in [0.25, 0.3) is 5.49 Å². The summed E-state index contributed by atoms with van der Waals surface area (Å²) in [7, 11) is 0. The molecule has 0 saturated carbocycles. The van der Waals surface area contributed by atoms with E-state index < -0.39 is 10.7 Å². The van der Waals surface area contributed by atoms with Gasteiger partial charge in [-0.3, -0.25) is 4.99 Å². The van der Waals surface area contributed by atoms with E-state index in [0.29, 0.717) is 16.1 Å². The Labute approximate surface area is 134 Å². The highest BCUT2D eigenvalue weighted by atomic mass is 19.1. The maximum atomic E-state index is 12.9. The summed E-state index contributed by atoms with van der Waals surface area (Å²) in [6, 6.07) is 14.0. The summed E-state index contributed by atoms with van der Waals surface area (Å²) < 4.78 is 12.9. The Hall–Kier alpha value is -3.49. The molecule has 9 heteroatoms. The van der Waals surface area contributed by atoms with E-state index in [2.05, 4.69) is 10.1 Å². The second kappa shape index (κ2) is 6.32. The summed E-state index contributed by atoms with van der Waals surface area (Å²) in [4.78, 5) is 16.0. The van der Waals surface area contributed by atoms with Gasteiger partial charge in [-0.25, -0.2) is 4.39 Å². The molecule has 0 fully saturated rings. The Morgan fingerprint density at radius 2 is 1.83 bits per heavy atom. The number of para-hydroxylation sites is 1. The van der Waals surface area contributed by atoms with Crippen LogP contribution in [0.1, 0.15) is 5.56 Å². The molecule has 3 rings (SSSR count). The number of hydrogen-bond acceptors (Lipinski definition) is 5. The molecule has 0 atom stereocenters. The molecule has 8 nitrogen and oxygen atoms in total. The Morgan fingerprint density at radius 1 is 1.17 bits per heavy atom. The van der Waals surface area contributed by atoms with Crippen molar-refractivity contribution in [1.29, 1.82) is 0 Å². The summed E-state index contributed by atoms with van der Waals surface area (Å²) in [6.45, 7) is 0.0299. The molecule has 1 heterocycles. The highest BCUT2D eigenvalue weighted by Crippen LogP contribution is 2.08. The average Bonchev–Trinajstić information content (AvgIpc) is 2.92. The normalized spacial score (nSPS) is 11.6. The third-order valence-corrected chi connectivity index (χ3v) is 3.24. The van der Waals surface area contributed by atoms with Crippen molar-refractivity contribution in [2.45, 2.75) is 6.54 Å². The van der Waals surface area contributed by atoms with Crippen LogP contribution in [-0.2, 0) is 6.54 Å². The maximum absolute atomic E-state index is 12.9. The first-order chi connectivity index (χ1) is 11.6. The van der Waals surface area contributed by atoms with E-state index in [9.17, 15) is 19.7 Å². The lowest BCUT2D eigenvalue weighted by molar-refractivity contribution is -0.391. The lowest BCUT2D eigenvalue weighted by Gasteiger charge is -1.99. The van der Waals surface area contributed by atoms with Gasteiger partial charge in [0, 0.05) is 0 Å². The van der Waals surface area contributed by atoms with Crippen molar-refractivity contribution in [3.63, 3.8) is 0 Å². The van der Waals surface area contributed by atoms with Gasteiger partial charge in [0.15, 0.2) is 0 Å². The lowest BCUT2D eigenvalue weighted by Crippen LogP contribution is -2.22. The van der Waals surface area contributed by atoms with Crippen LogP contribution in [0.3, 0.4) is 0 Å². The van der Waals surface area contributed by atoms with Gasteiger partial charge in [0.1, 0.15) is 11.5 Å². The summed E-state index contributed by atoms with van der Waals surface area (Å²) >= 11 is 0. The predicted molar refractivity (Wildman–Crippen MR) is 81.1 cm³/mol. The van der Waals surface area contributed by atoms with Gasteiger partial charge in [-0.15, -0.1) is 0 Å². The summed E-state index contributed by atoms with van der Waals surface area (Å²) in [5.41, 5.74) is 0.776. The Bertz CT molecular complexity index is 932. The first-order valence-corrected chi connectivity index (χ1v) is 6.92. The molecule has 122 valence electrons. The van der Waals surface area contributed by atoms with Gasteiger partial charge >= 0.3 is 5.82 Å². The van der Waals surface area contributed by atoms with Crippen LogP contribution in [0.5, 0.6) is 0 Å². The number of benzene rings is 2. The largest absolute Gasteiger partial charge is 0.438 e. The van der Waals surface area contributed by atoms with Crippen LogP contribution in [0.25, 0.3) is 5.69 Å². The van der Waals surface area contributed by atoms with E-state index in [1.54, 1.807) is 30.3 Å². The topological polar surface area (TPSA) is 98.5 Å². The lowest BCUT2D eigenvalue weighted by atomic mass is 10.2. The zero-order valence-corrected chi connectivity index (χ0v) is 12.3. The Kier molecular flexibility index (Phi) is 4.06. The molecule has 3 aromatic rings. The molecule has 0 radical (unpaired) electrons. The number of halogens is 1. The van der Waals surface area contributed by atoms with Crippen LogP contribution in [0.15, 0.2) is 59.6 Å². The van der Waals surface area contributed by atoms with Crippen molar-refractivity contribution in [3.05, 3.63) is 81.6 Å². The molecule has 24 heavy (non-hydrogen) atoms. The van der Waals surface area contributed by atoms with Crippen molar-refractivity contribution in [2.24, 2.45) is 4.99 Å². The number of aromatic nitrogens is 3. The molecular weight excluding hydrogens is 317 g/mol. The summed E-state index contributed by atoms with van der Waals surface area (Å²) in [5.74, 6) is -0.970. The van der Waals surface area contributed by atoms with Crippen molar-refractivity contribution in [3.8, 4) is 5.69 Å². The van der Waals surface area contributed by atoms with E-state index >= 15 is 0 Å². The van der Waals surface area contributed by atoms with E-state index in [-0.39, 0.29) is 17.8 Å². The van der Waals surface area contributed by atoms with E-state index in [1.165, 1.54) is 24.3 Å². The predicted octanol–water partition coefficient (Wildman–Crippen LogP) is 2.06. The minimum Gasteiger partial charge on any atom is -0.409 e. The highest BCUT2D eigenvalue weighted by molar-refractivity contribution is 5.29. The Morgan fingerprint density at radius 3 is 2.46 bits per heavy atom. The highest BCUT2D eigenvalue weighted by Gasteiger charge is 2.23. The van der Waals surface area contributed by atoms with Crippen LogP contribution in [0.2, 0.25) is 0 Å². The van der Waals surface area contributed by atoms with E-state index in [4.69, 9.17) is 0 Å². The van der Waals surface area contributed by atoms with E-state index in [1.807, 2.05) is 0 Å². The molecular formula is C15H12FN5O3. The fourth-order valence-electron chi connectivity index (χ4n) is 2.09. The number of hydrogen-bond donors (Lipinski definition) is 1. The van der Waals surface area contributed by atoms with Crippen LogP contribution < -0.4 is 5.49 Å². The quantitative estimate of drug-likeness (QED) is 0.450. The van der Waals surface area contributed by atoms with Gasteiger partial charge in [-0.1, -0.05) is 35.2 Å². The first kappa shape index (κ1) is 15.4. The minimum atomic E-state index is -0.727. The standard InChI is InChI=1S/C15H12FN5O3/c16-12-8-6-11(7-9-12)10-17-14-15(21(23)24)18-19(20(14)22)13-4-2-1-3-5-13/h1-9,22H,10H2. The zero-order valence-electron chi connectivity index (χ0n) is 12.3. The second-order valence-electron chi connectivity index (χ2n) is 4.86. The second-order valence-corrected chi connectivity index (χ2v) is 4.86. The molecule has 0 amide bonds. The first-order valence-electron chi connectivity index (χ1n) is 6.92. The van der Waals surface area contributed by atoms with Crippen LogP contribution >= 0.6 is 0 Å². The zero-order chi connectivity index (χ0) is 17.1. The molecule has 0 aliphatic rings. The molecule has 0 aliphatic carbocycles. The maximum Gasteiger partial charge on any atom is 0.438 e. The SMILES string of the molecule is O=[N+]([O-])c1nn(-c2ccccc2)n(O)c1=NCc1ccc(F)cc1. The van der Waals surface area contributed by atoms with Crippen molar-refractivity contribution in [1.82, 2.24) is 14.7 Å². The monoisotopic (exact) mass is 329 g/mol. The van der Waals surface area contributed by atoms with Crippen molar-refractivity contribution in [2.75, 3.05) is 0 Å². The smallest absolute Gasteiger partial charge is 0.409 e. The number of rotatable bonds is 4. The Balaban J connectivity index is 2.06. The average molecular weight is 329 g/mol. The molecule has 1 aromatic heterocycles. The molecule has 1 N–H and O–H groups in total. The fraction of sp³-hybridized carbons (Fsp3) is 0.0667. The van der Waals surface area contributed by atoms with Crippen molar-refractivity contribution < 1.29 is 14.5 Å². The van der Waals surface area contributed by atoms with Crippen molar-refractivity contribution >= 4 is 5.82 Å². The van der Waals surface area contributed by atoms with Gasteiger partial charge in [-0.2, -0.15) is 0 Å². The molecule has 0 bridgehead atoms. The fourth-order valence-corrected chi connectivity index (χ4v) is 2.09. The summed E-state index contributed by atoms with van der Waals surface area (Å²) in [5, 5.41) is 25.1. The molecule has 0 saturated heterocycles. The molecule has 0 aliphatic heterocycles. The van der Waals surface area contributed by atoms with Crippen LogP contribution in [0.4, 0.5) is 10.2 Å². The van der Waals surface area contributed by atoms with Gasteiger partial charge in [0.05, 0.1) is 11.6 Å². The van der Waals surface area contributed by atoms with Crippen LogP contribution in [0, 0.1) is 15.9 Å². The molecule has 0 unspecified atom stereocenters. The van der Waals surface area contributed by atoms with Gasteiger partial charge in [-0.05, 0) is 39.5 Å².